The van der Waals surface area contributed by atoms with Gasteiger partial charge in [-0.25, -0.2) is 14.9 Å². The minimum absolute atomic E-state index is 0.257. The molecule has 2 aromatic carbocycles. The van der Waals surface area contributed by atoms with Crippen molar-refractivity contribution in [2.45, 2.75) is 6.92 Å². The summed E-state index contributed by atoms with van der Waals surface area (Å²) in [5, 5.41) is 6.16. The maximum absolute atomic E-state index is 13.1. The molecular weight excluding hydrogens is 357 g/mol. The highest BCUT2D eigenvalue weighted by Gasteiger charge is 2.14. The van der Waals surface area contributed by atoms with Crippen LogP contribution < -0.4 is 15.3 Å². The van der Waals surface area contributed by atoms with Gasteiger partial charge in [-0.3, -0.25) is 5.01 Å². The summed E-state index contributed by atoms with van der Waals surface area (Å²) in [6.45, 7) is 2.54. The van der Waals surface area contributed by atoms with Gasteiger partial charge in [0.1, 0.15) is 11.6 Å². The normalized spacial score (nSPS) is 13.7. The average Bonchev–Trinajstić information content (AvgIpc) is 3.36. The van der Waals surface area contributed by atoms with Gasteiger partial charge >= 0.3 is 0 Å². The summed E-state index contributed by atoms with van der Waals surface area (Å²) in [4.78, 5) is 4.26. The van der Waals surface area contributed by atoms with Crippen LogP contribution in [-0.2, 0) is 0 Å². The molecule has 0 aliphatic carbocycles. The molecule has 0 atom stereocenters. The molecule has 28 heavy (non-hydrogen) atoms. The number of nitrogens with zero attached hydrogens (tertiary/aromatic N) is 4. The summed E-state index contributed by atoms with van der Waals surface area (Å²) in [5.74, 6) is 0.506. The van der Waals surface area contributed by atoms with Crippen molar-refractivity contribution in [3.63, 3.8) is 0 Å². The molecule has 0 bridgehead atoms. The first-order valence-corrected chi connectivity index (χ1v) is 8.85. The van der Waals surface area contributed by atoms with Crippen LogP contribution in [0.25, 0.3) is 11.8 Å². The van der Waals surface area contributed by atoms with Gasteiger partial charge in [0.25, 0.3) is 0 Å². The molecule has 7 heteroatoms. The molecule has 0 fully saturated rings. The van der Waals surface area contributed by atoms with E-state index in [1.54, 1.807) is 25.6 Å². The number of hydrogen-bond acceptors (Lipinski definition) is 5. The van der Waals surface area contributed by atoms with Gasteiger partial charge in [0.05, 0.1) is 42.8 Å². The number of hydrogen-bond donors (Lipinski definition) is 1. The summed E-state index contributed by atoms with van der Waals surface area (Å²) in [6.07, 6.45) is 7.66. The highest BCUT2D eigenvalue weighted by molar-refractivity contribution is 6.02. The topological polar surface area (TPSA) is 54.7 Å². The lowest BCUT2D eigenvalue weighted by molar-refractivity contribution is 0.413. The quantitative estimate of drug-likeness (QED) is 0.736. The molecule has 1 aromatic heterocycles. The van der Waals surface area contributed by atoms with Crippen LogP contribution in [0.2, 0.25) is 0 Å². The Balaban J connectivity index is 1.47. The molecule has 3 aromatic rings. The minimum Gasteiger partial charge on any atom is -0.495 e. The van der Waals surface area contributed by atoms with Gasteiger partial charge in [-0.2, -0.15) is 5.10 Å². The molecule has 142 valence electrons. The fourth-order valence-electron chi connectivity index (χ4n) is 2.97. The largest absolute Gasteiger partial charge is 0.495 e. The van der Waals surface area contributed by atoms with Crippen molar-refractivity contribution in [2.24, 2.45) is 5.10 Å². The van der Waals surface area contributed by atoms with Crippen molar-refractivity contribution in [1.29, 1.82) is 0 Å². The first-order chi connectivity index (χ1) is 13.6. The maximum atomic E-state index is 13.1. The highest BCUT2D eigenvalue weighted by atomic mass is 19.1. The first-order valence-electron chi connectivity index (χ1n) is 8.85. The van der Waals surface area contributed by atoms with E-state index in [9.17, 15) is 4.39 Å². The lowest BCUT2D eigenvalue weighted by Crippen LogP contribution is -2.30. The second-order valence-corrected chi connectivity index (χ2v) is 6.45. The fourth-order valence-corrected chi connectivity index (χ4v) is 2.97. The summed E-state index contributed by atoms with van der Waals surface area (Å²) in [7, 11) is 1.65. The zero-order chi connectivity index (χ0) is 19.5. The number of aromatic nitrogens is 2. The Labute approximate surface area is 162 Å². The van der Waals surface area contributed by atoms with E-state index < -0.39 is 0 Å². The van der Waals surface area contributed by atoms with E-state index in [-0.39, 0.29) is 5.82 Å². The van der Waals surface area contributed by atoms with Crippen LogP contribution >= 0.6 is 0 Å². The van der Waals surface area contributed by atoms with Crippen LogP contribution in [0.4, 0.5) is 10.1 Å². The number of aryl methyl sites for hydroxylation is 1. The molecule has 6 nitrogen and oxygen atoms in total. The summed E-state index contributed by atoms with van der Waals surface area (Å²) in [6, 6.07) is 12.3. The van der Waals surface area contributed by atoms with Crippen molar-refractivity contribution < 1.29 is 9.13 Å². The SMILES string of the molecule is COc1cc(C=CC2=NNN(c3ccc(F)cc3)C2)ccc1-n1cnc(C)c1. The van der Waals surface area contributed by atoms with Crippen molar-refractivity contribution in [3.8, 4) is 11.4 Å². The Hall–Kier alpha value is -3.61. The molecule has 0 saturated heterocycles. The molecule has 0 unspecified atom stereocenters. The van der Waals surface area contributed by atoms with Gasteiger partial charge in [0.15, 0.2) is 0 Å². The Morgan fingerprint density at radius 2 is 1.96 bits per heavy atom. The number of hydrazone groups is 1. The standard InChI is InChI=1S/C21H20FN5O/c1-15-12-26(14-23-15)20-10-4-16(11-21(20)28-2)3-7-18-13-27(25-24-18)19-8-5-17(22)6-9-19/h3-12,14,25H,13H2,1-2H3. The summed E-state index contributed by atoms with van der Waals surface area (Å²) in [5.41, 5.74) is 7.56. The summed E-state index contributed by atoms with van der Waals surface area (Å²) < 4.78 is 20.5. The van der Waals surface area contributed by atoms with E-state index in [1.807, 2.05) is 53.0 Å². The number of ether oxygens (including phenoxy) is 1. The fraction of sp³-hybridized carbons (Fsp3) is 0.143. The van der Waals surface area contributed by atoms with Crippen molar-refractivity contribution in [1.82, 2.24) is 15.1 Å². The molecule has 2 heterocycles. The third-order valence-electron chi connectivity index (χ3n) is 4.43. The number of halogens is 1. The van der Waals surface area contributed by atoms with Gasteiger partial charge in [-0.1, -0.05) is 12.1 Å². The predicted molar refractivity (Wildman–Crippen MR) is 108 cm³/mol. The molecular formula is C21H20FN5O. The molecule has 0 saturated carbocycles. The number of rotatable bonds is 5. The molecule has 0 amide bonds. The Bertz CT molecular complexity index is 1040. The monoisotopic (exact) mass is 377 g/mol. The third kappa shape index (κ3) is 3.73. The second kappa shape index (κ2) is 7.56. The number of methoxy groups -OCH3 is 1. The number of hydrazine groups is 1. The van der Waals surface area contributed by atoms with Gasteiger partial charge in [0, 0.05) is 6.20 Å². The smallest absolute Gasteiger partial charge is 0.143 e. The van der Waals surface area contributed by atoms with Gasteiger partial charge in [0.2, 0.25) is 0 Å². The van der Waals surface area contributed by atoms with E-state index >= 15 is 0 Å². The van der Waals surface area contributed by atoms with E-state index in [1.165, 1.54) is 12.1 Å². The van der Waals surface area contributed by atoms with E-state index in [0.717, 1.165) is 34.1 Å². The molecule has 1 N–H and O–H groups in total. The zero-order valence-electron chi connectivity index (χ0n) is 15.6. The number of imidazole rings is 1. The highest BCUT2D eigenvalue weighted by Crippen LogP contribution is 2.25. The van der Waals surface area contributed by atoms with Gasteiger partial charge in [-0.05, 0) is 55.0 Å². The van der Waals surface area contributed by atoms with Gasteiger partial charge in [-0.15, -0.1) is 0 Å². The van der Waals surface area contributed by atoms with Crippen LogP contribution in [-0.4, -0.2) is 28.9 Å². The Morgan fingerprint density at radius 3 is 2.68 bits per heavy atom. The van der Waals surface area contributed by atoms with Crippen molar-refractivity contribution in [2.75, 3.05) is 18.7 Å². The minimum atomic E-state index is -0.257. The molecule has 0 radical (unpaired) electrons. The Kier molecular flexibility index (Phi) is 4.80. The lowest BCUT2D eigenvalue weighted by atomic mass is 10.1. The van der Waals surface area contributed by atoms with Crippen LogP contribution in [0.15, 0.2) is 66.2 Å². The summed E-state index contributed by atoms with van der Waals surface area (Å²) >= 11 is 0. The maximum Gasteiger partial charge on any atom is 0.143 e. The lowest BCUT2D eigenvalue weighted by Gasteiger charge is -2.16. The third-order valence-corrected chi connectivity index (χ3v) is 4.43. The molecule has 1 aliphatic rings. The first kappa shape index (κ1) is 17.8. The van der Waals surface area contributed by atoms with Crippen LogP contribution in [0, 0.1) is 12.7 Å². The van der Waals surface area contributed by atoms with Crippen LogP contribution in [0.1, 0.15) is 11.3 Å². The van der Waals surface area contributed by atoms with Gasteiger partial charge < -0.3 is 9.30 Å². The molecule has 4 rings (SSSR count). The number of benzene rings is 2. The number of anilines is 1. The predicted octanol–water partition coefficient (Wildman–Crippen LogP) is 3.72. The van der Waals surface area contributed by atoms with Crippen molar-refractivity contribution in [3.05, 3.63) is 78.1 Å². The van der Waals surface area contributed by atoms with E-state index in [0.29, 0.717) is 6.54 Å². The zero-order valence-corrected chi connectivity index (χ0v) is 15.6. The van der Waals surface area contributed by atoms with Crippen LogP contribution in [0.5, 0.6) is 5.75 Å². The Morgan fingerprint density at radius 1 is 1.14 bits per heavy atom. The molecule has 1 aliphatic heterocycles. The number of nitrogens with one attached hydrogen (secondary N) is 1. The van der Waals surface area contributed by atoms with E-state index in [4.69, 9.17) is 4.74 Å². The second-order valence-electron chi connectivity index (χ2n) is 6.45. The van der Waals surface area contributed by atoms with Crippen molar-refractivity contribution >= 4 is 17.5 Å². The average molecular weight is 377 g/mol. The van der Waals surface area contributed by atoms with E-state index in [2.05, 4.69) is 15.6 Å². The molecule has 0 spiro atoms. The van der Waals surface area contributed by atoms with Crippen LogP contribution in [0.3, 0.4) is 0 Å².